The highest BCUT2D eigenvalue weighted by atomic mass is 15.0. The van der Waals surface area contributed by atoms with E-state index in [0.717, 1.165) is 145 Å². The lowest BCUT2D eigenvalue weighted by atomic mass is 9.84. The van der Waals surface area contributed by atoms with Gasteiger partial charge in [0.25, 0.3) is 0 Å². The number of pyridine rings is 3. The molecule has 19 aromatic rings. The maximum Gasteiger partial charge on any atom is 0.0705 e. The molecule has 112 heavy (non-hydrogen) atoms. The van der Waals surface area contributed by atoms with Crippen LogP contribution >= 0.6 is 0 Å². The predicted octanol–water partition coefficient (Wildman–Crippen LogP) is 28.7. The van der Waals surface area contributed by atoms with Crippen LogP contribution in [0.2, 0.25) is 0 Å². The molecule has 5 heteroatoms. The van der Waals surface area contributed by atoms with Gasteiger partial charge in [-0.1, -0.05) is 296 Å². The molecule has 5 heterocycles. The van der Waals surface area contributed by atoms with Gasteiger partial charge < -0.3 is 9.13 Å². The summed E-state index contributed by atoms with van der Waals surface area (Å²) in [6.07, 6.45) is 5.81. The van der Waals surface area contributed by atoms with Crippen LogP contribution < -0.4 is 0 Å². The van der Waals surface area contributed by atoms with Gasteiger partial charge in [-0.05, 0) is 220 Å². The highest BCUT2D eigenvalue weighted by Gasteiger charge is 2.26. The molecule has 0 fully saturated rings. The number of aromatic nitrogens is 5. The fraction of sp³-hybridized carbons (Fsp3) is 0.0748. The third kappa shape index (κ3) is 12.7. The van der Waals surface area contributed by atoms with E-state index in [1.165, 1.54) is 54.9 Å². The molecule has 0 spiro atoms. The fourth-order valence-electron chi connectivity index (χ4n) is 16.7. The standard InChI is InChI=1S/C107H81N5/c1-106(2,3)81-55-58-109-98(68-81)76-46-51-92(104(66-76)111-100-43-24-22-40-90(100)95-63-73(48-53-102(95)111)70-28-10-7-11-29-70)87-38-20-17-35-84(87)79-60-78(83-34-16-19-37-86(83)89-50-45-75(97-42-26-27-57-108-97)65-94(89)72-32-14-9-15-33-72)61-80(62-79)85-36-18-21-39-88(85)93-52-47-77(99-69-82(56-59-110-99)107(4,5)6)67-105(93)112-101-44-25-23-41-91(101)96-64-74(49-54-103(96)112)71-30-12-8-13-31-71/h7-69H,1-6H3. The summed E-state index contributed by atoms with van der Waals surface area (Å²) in [6.45, 7) is 13.6. The van der Waals surface area contributed by atoms with Gasteiger partial charge in [0.05, 0.1) is 50.5 Å². The zero-order valence-corrected chi connectivity index (χ0v) is 63.6. The Bertz CT molecular complexity index is 6490. The van der Waals surface area contributed by atoms with E-state index >= 15 is 0 Å². The lowest BCUT2D eigenvalue weighted by molar-refractivity contribution is 0.589. The predicted molar refractivity (Wildman–Crippen MR) is 471 cm³/mol. The first-order chi connectivity index (χ1) is 54.8. The molecule has 0 aliphatic rings. The van der Waals surface area contributed by atoms with Crippen LogP contribution in [0.15, 0.2) is 383 Å². The van der Waals surface area contributed by atoms with Gasteiger partial charge in [0, 0.05) is 68.0 Å². The molecule has 0 bridgehead atoms. The third-order valence-corrected chi connectivity index (χ3v) is 22.5. The van der Waals surface area contributed by atoms with Crippen molar-refractivity contribution in [3.8, 4) is 145 Å². The van der Waals surface area contributed by atoms with E-state index in [9.17, 15) is 0 Å². The molecule has 14 aromatic carbocycles. The second-order valence-electron chi connectivity index (χ2n) is 31.5. The Hall–Kier alpha value is -13.9. The fourth-order valence-corrected chi connectivity index (χ4v) is 16.7. The third-order valence-electron chi connectivity index (χ3n) is 22.5. The molecule has 0 amide bonds. The van der Waals surface area contributed by atoms with Crippen molar-refractivity contribution >= 4 is 43.6 Å². The van der Waals surface area contributed by atoms with Crippen LogP contribution in [0.1, 0.15) is 52.7 Å². The lowest BCUT2D eigenvalue weighted by Crippen LogP contribution is -2.11. The second-order valence-corrected chi connectivity index (χ2v) is 31.5. The summed E-state index contributed by atoms with van der Waals surface area (Å²) in [6, 6.07) is 134. The highest BCUT2D eigenvalue weighted by Crippen LogP contribution is 2.49. The Balaban J connectivity index is 0.867. The molecule has 0 saturated carbocycles. The minimum absolute atomic E-state index is 0.0875. The van der Waals surface area contributed by atoms with E-state index in [1.54, 1.807) is 0 Å². The summed E-state index contributed by atoms with van der Waals surface area (Å²) in [7, 11) is 0. The van der Waals surface area contributed by atoms with Gasteiger partial charge >= 0.3 is 0 Å². The van der Waals surface area contributed by atoms with Gasteiger partial charge in [-0.2, -0.15) is 0 Å². The quantitative estimate of drug-likeness (QED) is 0.109. The topological polar surface area (TPSA) is 48.5 Å². The summed E-state index contributed by atoms with van der Waals surface area (Å²) >= 11 is 0. The van der Waals surface area contributed by atoms with Crippen molar-refractivity contribution in [1.82, 2.24) is 24.1 Å². The summed E-state index contributed by atoms with van der Waals surface area (Å²) in [5.74, 6) is 0. The van der Waals surface area contributed by atoms with E-state index in [1.807, 2.05) is 24.7 Å². The van der Waals surface area contributed by atoms with Gasteiger partial charge in [0.15, 0.2) is 0 Å². The largest absolute Gasteiger partial charge is 0.309 e. The molecule has 0 aliphatic carbocycles. The van der Waals surface area contributed by atoms with E-state index in [4.69, 9.17) is 15.0 Å². The number of benzene rings is 14. The number of para-hydroxylation sites is 2. The van der Waals surface area contributed by atoms with Crippen LogP contribution in [0, 0.1) is 0 Å². The normalized spacial score (nSPS) is 11.8. The summed E-state index contributed by atoms with van der Waals surface area (Å²) < 4.78 is 5.00. The van der Waals surface area contributed by atoms with Crippen molar-refractivity contribution in [1.29, 1.82) is 0 Å². The van der Waals surface area contributed by atoms with Crippen molar-refractivity contribution in [3.63, 3.8) is 0 Å². The average molecular weight is 1440 g/mol. The van der Waals surface area contributed by atoms with Crippen LogP contribution in [0.5, 0.6) is 0 Å². The van der Waals surface area contributed by atoms with Gasteiger partial charge in [-0.3, -0.25) is 15.0 Å². The van der Waals surface area contributed by atoms with Crippen molar-refractivity contribution in [2.45, 2.75) is 52.4 Å². The minimum atomic E-state index is -0.0875. The van der Waals surface area contributed by atoms with Crippen LogP contribution in [0.4, 0.5) is 0 Å². The van der Waals surface area contributed by atoms with Crippen LogP contribution in [-0.2, 0) is 10.8 Å². The number of rotatable bonds is 14. The molecule has 0 N–H and O–H groups in total. The van der Waals surface area contributed by atoms with Crippen molar-refractivity contribution < 1.29 is 0 Å². The summed E-state index contributed by atoms with van der Waals surface area (Å²) in [4.78, 5) is 15.1. The summed E-state index contributed by atoms with van der Waals surface area (Å²) in [5, 5.41) is 4.74. The Kier molecular flexibility index (Phi) is 17.3. The molecule has 0 atom stereocenters. The minimum Gasteiger partial charge on any atom is -0.309 e. The Morgan fingerprint density at radius 2 is 0.527 bits per heavy atom. The zero-order valence-electron chi connectivity index (χ0n) is 63.6. The summed E-state index contributed by atoms with van der Waals surface area (Å²) in [5.41, 5.74) is 34.8. The van der Waals surface area contributed by atoms with Crippen molar-refractivity contribution in [3.05, 3.63) is 394 Å². The molecule has 534 valence electrons. The van der Waals surface area contributed by atoms with Crippen molar-refractivity contribution in [2.75, 3.05) is 0 Å². The Labute approximate surface area is 654 Å². The second kappa shape index (κ2) is 28.3. The van der Waals surface area contributed by atoms with Crippen LogP contribution in [0.25, 0.3) is 189 Å². The first-order valence-corrected chi connectivity index (χ1v) is 38.8. The molecule has 0 radical (unpaired) electrons. The maximum absolute atomic E-state index is 5.13. The monoisotopic (exact) mass is 1440 g/mol. The first-order valence-electron chi connectivity index (χ1n) is 38.8. The number of fused-ring (bicyclic) bond motifs is 6. The van der Waals surface area contributed by atoms with Gasteiger partial charge in [-0.15, -0.1) is 0 Å². The molecular weight excluding hydrogens is 1360 g/mol. The van der Waals surface area contributed by atoms with Crippen LogP contribution in [-0.4, -0.2) is 24.1 Å². The van der Waals surface area contributed by atoms with Gasteiger partial charge in [0.1, 0.15) is 0 Å². The average Bonchev–Trinajstić information content (AvgIpc) is 1.58. The van der Waals surface area contributed by atoms with Crippen molar-refractivity contribution in [2.24, 2.45) is 0 Å². The number of hydrogen-bond donors (Lipinski definition) is 0. The smallest absolute Gasteiger partial charge is 0.0705 e. The molecule has 19 rings (SSSR count). The molecule has 0 aliphatic heterocycles. The van der Waals surface area contributed by atoms with E-state index in [2.05, 4.69) is 409 Å². The zero-order chi connectivity index (χ0) is 75.6. The first kappa shape index (κ1) is 68.6. The number of hydrogen-bond acceptors (Lipinski definition) is 3. The van der Waals surface area contributed by atoms with Gasteiger partial charge in [0.2, 0.25) is 0 Å². The maximum atomic E-state index is 5.13. The molecule has 0 saturated heterocycles. The molecular formula is C107H81N5. The molecule has 5 aromatic heterocycles. The lowest BCUT2D eigenvalue weighted by Gasteiger charge is -2.22. The van der Waals surface area contributed by atoms with Crippen LogP contribution in [0.3, 0.4) is 0 Å². The van der Waals surface area contributed by atoms with Gasteiger partial charge in [-0.25, -0.2) is 0 Å². The Morgan fingerprint density at radius 1 is 0.188 bits per heavy atom. The van der Waals surface area contributed by atoms with E-state index in [0.29, 0.717) is 0 Å². The molecule has 5 nitrogen and oxygen atoms in total. The SMILES string of the molecule is CC(C)(C)c1ccnc(-c2ccc(-c3ccccc3-c3cc(-c4ccccc4-c4ccc(-c5ccccn5)cc4-c4ccccc4)cc(-c4ccccc4-c4ccc(-c5cc(C(C)(C)C)ccn5)cc4-n4c5ccccc5c5cc(-c6ccccc6)ccc54)c3)c(-n3c4ccccc4c4cc(-c5ccccc5)ccc43)c2)c1. The number of nitrogens with zero attached hydrogens (tertiary/aromatic N) is 5. The Morgan fingerprint density at radius 3 is 0.955 bits per heavy atom. The van der Waals surface area contributed by atoms with E-state index < -0.39 is 0 Å². The molecule has 0 unspecified atom stereocenters. The van der Waals surface area contributed by atoms with E-state index in [-0.39, 0.29) is 10.8 Å². The highest BCUT2D eigenvalue weighted by molar-refractivity contribution is 6.13.